The van der Waals surface area contributed by atoms with Crippen LogP contribution in [0.2, 0.25) is 0 Å². The lowest BCUT2D eigenvalue weighted by Crippen LogP contribution is -2.22. The Kier molecular flexibility index (Phi) is 4.58. The topological polar surface area (TPSA) is 79.4 Å². The summed E-state index contributed by atoms with van der Waals surface area (Å²) in [5.41, 5.74) is 1.41. The Morgan fingerprint density at radius 3 is 2.45 bits per heavy atom. The van der Waals surface area contributed by atoms with Crippen molar-refractivity contribution in [2.75, 3.05) is 19.4 Å². The molecule has 22 heavy (non-hydrogen) atoms. The van der Waals surface area contributed by atoms with Crippen molar-refractivity contribution in [2.45, 2.75) is 11.8 Å². The summed E-state index contributed by atoms with van der Waals surface area (Å²) in [5.74, 6) is -0.386. The molecule has 2 rings (SSSR count). The number of amides is 1. The highest BCUT2D eigenvalue weighted by Gasteiger charge is 2.17. The number of pyridine rings is 1. The average Bonchev–Trinajstić information content (AvgIpc) is 2.47. The van der Waals surface area contributed by atoms with Crippen molar-refractivity contribution in [1.29, 1.82) is 0 Å². The van der Waals surface area contributed by atoms with Crippen molar-refractivity contribution >= 4 is 21.6 Å². The van der Waals surface area contributed by atoms with Gasteiger partial charge in [-0.05, 0) is 37.3 Å². The van der Waals surface area contributed by atoms with Crippen LogP contribution in [0.5, 0.6) is 0 Å². The molecule has 0 radical (unpaired) electrons. The first-order chi connectivity index (χ1) is 10.3. The maximum absolute atomic E-state index is 12.1. The first kappa shape index (κ1) is 16.1. The molecule has 2 aromatic rings. The summed E-state index contributed by atoms with van der Waals surface area (Å²) in [5, 5.41) is 2.65. The number of hydrogen-bond donors (Lipinski definition) is 1. The Hall–Kier alpha value is -2.25. The van der Waals surface area contributed by atoms with E-state index in [2.05, 4.69) is 10.3 Å². The minimum absolute atomic E-state index is 0.118. The van der Waals surface area contributed by atoms with Gasteiger partial charge < -0.3 is 5.32 Å². The van der Waals surface area contributed by atoms with Gasteiger partial charge >= 0.3 is 0 Å². The van der Waals surface area contributed by atoms with E-state index < -0.39 is 10.0 Å². The number of nitrogens with zero attached hydrogens (tertiary/aromatic N) is 2. The normalized spacial score (nSPS) is 11.5. The maximum Gasteiger partial charge on any atom is 0.274 e. The van der Waals surface area contributed by atoms with E-state index in [4.69, 9.17) is 0 Å². The molecule has 0 spiro atoms. The molecule has 0 atom stereocenters. The third-order valence-electron chi connectivity index (χ3n) is 2.99. The summed E-state index contributed by atoms with van der Waals surface area (Å²) in [7, 11) is -0.629. The zero-order valence-corrected chi connectivity index (χ0v) is 13.4. The van der Waals surface area contributed by atoms with Gasteiger partial charge in [-0.25, -0.2) is 17.7 Å². The molecule has 0 aliphatic rings. The van der Waals surface area contributed by atoms with Gasteiger partial charge in [0.25, 0.3) is 5.91 Å². The zero-order valence-electron chi connectivity index (χ0n) is 12.6. The maximum atomic E-state index is 12.1. The van der Waals surface area contributed by atoms with E-state index >= 15 is 0 Å². The van der Waals surface area contributed by atoms with Gasteiger partial charge in [-0.2, -0.15) is 0 Å². The highest BCUT2D eigenvalue weighted by molar-refractivity contribution is 7.89. The van der Waals surface area contributed by atoms with Gasteiger partial charge in [0.1, 0.15) is 5.69 Å². The van der Waals surface area contributed by atoms with Gasteiger partial charge in [0.05, 0.1) is 4.90 Å². The van der Waals surface area contributed by atoms with Gasteiger partial charge in [0.15, 0.2) is 0 Å². The number of carbonyl (C=O) groups is 1. The number of aryl methyl sites for hydroxylation is 1. The molecule has 0 unspecified atom stereocenters. The second-order valence-electron chi connectivity index (χ2n) is 4.93. The van der Waals surface area contributed by atoms with E-state index in [1.807, 2.05) is 0 Å². The third-order valence-corrected chi connectivity index (χ3v) is 4.80. The van der Waals surface area contributed by atoms with Crippen LogP contribution < -0.4 is 5.32 Å². The molecular formula is C15H17N3O3S. The fraction of sp³-hybridized carbons (Fsp3) is 0.200. The summed E-state index contributed by atoms with van der Waals surface area (Å²) in [4.78, 5) is 16.4. The molecule has 7 heteroatoms. The van der Waals surface area contributed by atoms with E-state index in [9.17, 15) is 13.2 Å². The predicted molar refractivity (Wildman–Crippen MR) is 84.2 cm³/mol. The van der Waals surface area contributed by atoms with Crippen LogP contribution in [0.1, 0.15) is 16.2 Å². The largest absolute Gasteiger partial charge is 0.321 e. The fourth-order valence-electron chi connectivity index (χ4n) is 1.81. The van der Waals surface area contributed by atoms with Gasteiger partial charge in [0, 0.05) is 25.5 Å². The molecule has 1 aromatic carbocycles. The van der Waals surface area contributed by atoms with Crippen molar-refractivity contribution < 1.29 is 13.2 Å². The molecule has 0 aliphatic carbocycles. The lowest BCUT2D eigenvalue weighted by atomic mass is 10.2. The summed E-state index contributed by atoms with van der Waals surface area (Å²) in [6, 6.07) is 11.2. The lowest BCUT2D eigenvalue weighted by molar-refractivity contribution is 0.102. The quantitative estimate of drug-likeness (QED) is 0.933. The van der Waals surface area contributed by atoms with Crippen molar-refractivity contribution in [1.82, 2.24) is 9.29 Å². The van der Waals surface area contributed by atoms with Gasteiger partial charge in [0.2, 0.25) is 10.0 Å². The van der Waals surface area contributed by atoms with E-state index in [-0.39, 0.29) is 16.5 Å². The van der Waals surface area contributed by atoms with Crippen LogP contribution in [0.15, 0.2) is 47.4 Å². The standard InChI is InChI=1S/C15H17N3O3S/c1-11-6-4-9-14(16-11)15(19)17-12-7-5-8-13(10-12)22(20,21)18(2)3/h4-10H,1-3H3,(H,17,19). The average molecular weight is 319 g/mol. The number of rotatable bonds is 4. The SMILES string of the molecule is Cc1cccc(C(=O)Nc2cccc(S(=O)(=O)N(C)C)c2)n1. The molecule has 0 bridgehead atoms. The number of nitrogens with one attached hydrogen (secondary N) is 1. The van der Waals surface area contributed by atoms with Crippen molar-refractivity contribution in [3.8, 4) is 0 Å². The van der Waals surface area contributed by atoms with E-state index in [0.717, 1.165) is 10.00 Å². The van der Waals surface area contributed by atoms with Crippen LogP contribution in [0.4, 0.5) is 5.69 Å². The number of benzene rings is 1. The van der Waals surface area contributed by atoms with Crippen LogP contribution in [0, 0.1) is 6.92 Å². The van der Waals surface area contributed by atoms with Gasteiger partial charge in [-0.1, -0.05) is 12.1 Å². The monoisotopic (exact) mass is 319 g/mol. The van der Waals surface area contributed by atoms with Gasteiger partial charge in [-0.3, -0.25) is 4.79 Å². The summed E-state index contributed by atoms with van der Waals surface area (Å²) in [6.07, 6.45) is 0. The second-order valence-corrected chi connectivity index (χ2v) is 7.09. The van der Waals surface area contributed by atoms with Crippen LogP contribution in [0.25, 0.3) is 0 Å². The van der Waals surface area contributed by atoms with Crippen LogP contribution >= 0.6 is 0 Å². The van der Waals surface area contributed by atoms with Crippen LogP contribution in [-0.2, 0) is 10.0 Å². The summed E-state index contributed by atoms with van der Waals surface area (Å²) < 4.78 is 25.3. The number of aromatic nitrogens is 1. The summed E-state index contributed by atoms with van der Waals surface area (Å²) >= 11 is 0. The number of hydrogen-bond acceptors (Lipinski definition) is 4. The highest BCUT2D eigenvalue weighted by Crippen LogP contribution is 2.18. The Bertz CT molecular complexity index is 801. The molecule has 116 valence electrons. The number of anilines is 1. The zero-order chi connectivity index (χ0) is 16.3. The van der Waals surface area contributed by atoms with Crippen molar-refractivity contribution in [2.24, 2.45) is 0 Å². The minimum Gasteiger partial charge on any atom is -0.321 e. The molecule has 0 aliphatic heterocycles. The van der Waals surface area contributed by atoms with E-state index in [0.29, 0.717) is 5.69 Å². The molecule has 0 fully saturated rings. The first-order valence-electron chi connectivity index (χ1n) is 6.58. The molecule has 1 heterocycles. The summed E-state index contributed by atoms with van der Waals surface area (Å²) in [6.45, 7) is 1.79. The number of sulfonamides is 1. The molecule has 1 aromatic heterocycles. The number of carbonyl (C=O) groups excluding carboxylic acids is 1. The molecule has 0 saturated carbocycles. The predicted octanol–water partition coefficient (Wildman–Crippen LogP) is 1.89. The van der Waals surface area contributed by atoms with Crippen molar-refractivity contribution in [3.63, 3.8) is 0 Å². The third kappa shape index (κ3) is 3.49. The Labute approximate surface area is 129 Å². The highest BCUT2D eigenvalue weighted by atomic mass is 32.2. The van der Waals surface area contributed by atoms with Crippen molar-refractivity contribution in [3.05, 3.63) is 53.9 Å². The Morgan fingerprint density at radius 2 is 1.82 bits per heavy atom. The Morgan fingerprint density at radius 1 is 1.14 bits per heavy atom. The van der Waals surface area contributed by atoms with E-state index in [1.165, 1.54) is 26.2 Å². The second kappa shape index (κ2) is 6.25. The molecule has 1 amide bonds. The molecule has 1 N–H and O–H groups in total. The van der Waals surface area contributed by atoms with E-state index in [1.54, 1.807) is 37.3 Å². The Balaban J connectivity index is 2.26. The fourth-order valence-corrected chi connectivity index (χ4v) is 2.76. The first-order valence-corrected chi connectivity index (χ1v) is 8.02. The molecule has 0 saturated heterocycles. The lowest BCUT2D eigenvalue weighted by Gasteiger charge is -2.12. The van der Waals surface area contributed by atoms with Gasteiger partial charge in [-0.15, -0.1) is 0 Å². The smallest absolute Gasteiger partial charge is 0.274 e. The minimum atomic E-state index is -3.54. The molecule has 6 nitrogen and oxygen atoms in total. The van der Waals surface area contributed by atoms with Crippen LogP contribution in [0.3, 0.4) is 0 Å². The molecular weight excluding hydrogens is 302 g/mol. The van der Waals surface area contributed by atoms with Crippen LogP contribution in [-0.4, -0.2) is 37.7 Å².